The fraction of sp³-hybridized carbons (Fsp3) is 1.00. The summed E-state index contributed by atoms with van der Waals surface area (Å²) in [6.45, 7) is 5.75. The van der Waals surface area contributed by atoms with Gasteiger partial charge in [0.25, 0.3) is 0 Å². The lowest BCUT2D eigenvalue weighted by Gasteiger charge is -2.39. The van der Waals surface area contributed by atoms with Gasteiger partial charge >= 0.3 is 0 Å². The van der Waals surface area contributed by atoms with E-state index in [0.29, 0.717) is 0 Å². The van der Waals surface area contributed by atoms with Crippen LogP contribution < -0.4 is 0 Å². The maximum absolute atomic E-state index is 5.85. The van der Waals surface area contributed by atoms with Gasteiger partial charge in [0.05, 0.1) is 6.10 Å². The van der Waals surface area contributed by atoms with Gasteiger partial charge in [0, 0.05) is 14.2 Å². The molecule has 94 valence electrons. The maximum atomic E-state index is 5.85. The Bertz CT molecular complexity index is 255. The van der Waals surface area contributed by atoms with E-state index in [9.17, 15) is 0 Å². The van der Waals surface area contributed by atoms with E-state index in [2.05, 4.69) is 0 Å². The van der Waals surface area contributed by atoms with Crippen LogP contribution in [0.25, 0.3) is 0 Å². The average molecular weight is 232 g/mol. The molecule has 0 aromatic rings. The molecule has 0 spiro atoms. The standard InChI is InChI=1S/C11H20O5/c1-6-7-8(16-11(2,3)15-7)9(12-4)10(13-5)14-6/h6-10H,1-5H3/t6-,7+,8-,9-,10+/m1/s1. The SMILES string of the molecule is CO[C@H]1O[C@H](C)[C@@H]2OC(C)(C)O[C@H]2[C@H]1OC. The highest BCUT2D eigenvalue weighted by Gasteiger charge is 2.54. The number of hydrogen-bond donors (Lipinski definition) is 0. The van der Waals surface area contributed by atoms with Gasteiger partial charge in [0.1, 0.15) is 18.3 Å². The van der Waals surface area contributed by atoms with Gasteiger partial charge in [-0.05, 0) is 20.8 Å². The Hall–Kier alpha value is -0.200. The van der Waals surface area contributed by atoms with Crippen molar-refractivity contribution in [1.82, 2.24) is 0 Å². The van der Waals surface area contributed by atoms with Crippen LogP contribution in [0.15, 0.2) is 0 Å². The molecule has 5 heteroatoms. The van der Waals surface area contributed by atoms with Crippen LogP contribution in [-0.2, 0) is 23.7 Å². The lowest BCUT2D eigenvalue weighted by atomic mass is 10.00. The first-order valence-corrected chi connectivity index (χ1v) is 5.55. The molecule has 16 heavy (non-hydrogen) atoms. The molecule has 0 bridgehead atoms. The third-order valence-corrected chi connectivity index (χ3v) is 3.07. The lowest BCUT2D eigenvalue weighted by molar-refractivity contribution is -0.271. The van der Waals surface area contributed by atoms with E-state index in [1.807, 2.05) is 20.8 Å². The zero-order valence-corrected chi connectivity index (χ0v) is 10.4. The number of hydrogen-bond acceptors (Lipinski definition) is 5. The van der Waals surface area contributed by atoms with Crippen molar-refractivity contribution in [2.75, 3.05) is 14.2 Å². The van der Waals surface area contributed by atoms with E-state index in [-0.39, 0.29) is 24.4 Å². The first kappa shape index (κ1) is 12.3. The topological polar surface area (TPSA) is 46.2 Å². The number of ether oxygens (including phenoxy) is 5. The molecular formula is C11H20O5. The molecule has 0 unspecified atom stereocenters. The quantitative estimate of drug-likeness (QED) is 0.708. The Morgan fingerprint density at radius 3 is 2.19 bits per heavy atom. The van der Waals surface area contributed by atoms with E-state index in [4.69, 9.17) is 23.7 Å². The molecule has 0 N–H and O–H groups in total. The molecular weight excluding hydrogens is 212 g/mol. The highest BCUT2D eigenvalue weighted by molar-refractivity contribution is 4.95. The third kappa shape index (κ3) is 1.98. The minimum atomic E-state index is -0.591. The Balaban J connectivity index is 2.19. The van der Waals surface area contributed by atoms with Crippen LogP contribution in [0, 0.1) is 0 Å². The van der Waals surface area contributed by atoms with Crippen LogP contribution in [-0.4, -0.2) is 50.7 Å². The minimum absolute atomic E-state index is 0.0666. The molecule has 0 radical (unpaired) electrons. The molecule has 5 atom stereocenters. The molecule has 2 rings (SSSR count). The molecule has 5 nitrogen and oxygen atoms in total. The predicted octanol–water partition coefficient (Wildman–Crippen LogP) is 0.913. The van der Waals surface area contributed by atoms with Gasteiger partial charge in [0.2, 0.25) is 0 Å². The van der Waals surface area contributed by atoms with Gasteiger partial charge in [0.15, 0.2) is 12.1 Å². The van der Waals surface area contributed by atoms with Crippen LogP contribution in [0.4, 0.5) is 0 Å². The van der Waals surface area contributed by atoms with Crippen LogP contribution in [0.3, 0.4) is 0 Å². The number of methoxy groups -OCH3 is 2. The summed E-state index contributed by atoms with van der Waals surface area (Å²) in [5, 5.41) is 0. The summed E-state index contributed by atoms with van der Waals surface area (Å²) >= 11 is 0. The number of rotatable bonds is 2. The van der Waals surface area contributed by atoms with E-state index in [1.54, 1.807) is 14.2 Å². The summed E-state index contributed by atoms with van der Waals surface area (Å²) in [4.78, 5) is 0. The predicted molar refractivity (Wildman–Crippen MR) is 56.0 cm³/mol. The van der Waals surface area contributed by atoms with Crippen molar-refractivity contribution in [3.8, 4) is 0 Å². The van der Waals surface area contributed by atoms with Gasteiger partial charge in [-0.15, -0.1) is 0 Å². The zero-order valence-electron chi connectivity index (χ0n) is 10.4. The van der Waals surface area contributed by atoms with Crippen molar-refractivity contribution in [1.29, 1.82) is 0 Å². The summed E-state index contributed by atoms with van der Waals surface area (Å²) in [6, 6.07) is 0. The summed E-state index contributed by atoms with van der Waals surface area (Å²) in [7, 11) is 3.23. The smallest absolute Gasteiger partial charge is 0.186 e. The second kappa shape index (κ2) is 4.23. The fourth-order valence-electron chi connectivity index (χ4n) is 2.39. The molecule has 0 aliphatic carbocycles. The summed E-state index contributed by atoms with van der Waals surface area (Å²) in [5.41, 5.74) is 0. The summed E-state index contributed by atoms with van der Waals surface area (Å²) in [6.07, 6.45) is -0.977. The van der Waals surface area contributed by atoms with Crippen molar-refractivity contribution in [3.05, 3.63) is 0 Å². The minimum Gasteiger partial charge on any atom is -0.373 e. The molecule has 2 aliphatic heterocycles. The second-order valence-electron chi connectivity index (χ2n) is 4.71. The normalized spacial score (nSPS) is 46.7. The van der Waals surface area contributed by atoms with Gasteiger partial charge < -0.3 is 23.7 Å². The molecule has 0 aromatic heterocycles. The molecule has 2 aliphatic rings. The van der Waals surface area contributed by atoms with Crippen molar-refractivity contribution >= 4 is 0 Å². The monoisotopic (exact) mass is 232 g/mol. The van der Waals surface area contributed by atoms with Crippen molar-refractivity contribution < 1.29 is 23.7 Å². The van der Waals surface area contributed by atoms with Gasteiger partial charge in [-0.2, -0.15) is 0 Å². The van der Waals surface area contributed by atoms with Gasteiger partial charge in [-0.1, -0.05) is 0 Å². The lowest BCUT2D eigenvalue weighted by Crippen LogP contribution is -2.56. The van der Waals surface area contributed by atoms with Crippen LogP contribution >= 0.6 is 0 Å². The maximum Gasteiger partial charge on any atom is 0.186 e. The Morgan fingerprint density at radius 2 is 1.62 bits per heavy atom. The largest absolute Gasteiger partial charge is 0.373 e. The molecule has 0 amide bonds. The van der Waals surface area contributed by atoms with Crippen LogP contribution in [0.5, 0.6) is 0 Å². The highest BCUT2D eigenvalue weighted by atomic mass is 16.8. The summed E-state index contributed by atoms with van der Waals surface area (Å²) < 4.78 is 28.0. The zero-order chi connectivity index (χ0) is 11.9. The molecule has 2 heterocycles. The first-order chi connectivity index (χ1) is 7.48. The van der Waals surface area contributed by atoms with E-state index < -0.39 is 12.1 Å². The Morgan fingerprint density at radius 1 is 1.00 bits per heavy atom. The Labute approximate surface area is 95.9 Å². The molecule has 2 saturated heterocycles. The van der Waals surface area contributed by atoms with Crippen LogP contribution in [0.1, 0.15) is 20.8 Å². The van der Waals surface area contributed by atoms with E-state index >= 15 is 0 Å². The van der Waals surface area contributed by atoms with Gasteiger partial charge in [-0.25, -0.2) is 0 Å². The highest BCUT2D eigenvalue weighted by Crippen LogP contribution is 2.38. The fourth-order valence-corrected chi connectivity index (χ4v) is 2.39. The number of fused-ring (bicyclic) bond motifs is 1. The first-order valence-electron chi connectivity index (χ1n) is 5.55. The van der Waals surface area contributed by atoms with Gasteiger partial charge in [-0.3, -0.25) is 0 Å². The van der Waals surface area contributed by atoms with Crippen LogP contribution in [0.2, 0.25) is 0 Å². The molecule has 2 fully saturated rings. The van der Waals surface area contributed by atoms with Crippen molar-refractivity contribution in [2.45, 2.75) is 57.3 Å². The Kier molecular flexibility index (Phi) is 3.25. The summed E-state index contributed by atoms with van der Waals surface area (Å²) in [5.74, 6) is -0.591. The molecule has 0 aromatic carbocycles. The van der Waals surface area contributed by atoms with Crippen molar-refractivity contribution in [3.63, 3.8) is 0 Å². The van der Waals surface area contributed by atoms with Crippen molar-refractivity contribution in [2.24, 2.45) is 0 Å². The average Bonchev–Trinajstić information content (AvgIpc) is 2.54. The molecule has 0 saturated carbocycles. The second-order valence-corrected chi connectivity index (χ2v) is 4.71. The third-order valence-electron chi connectivity index (χ3n) is 3.07. The van der Waals surface area contributed by atoms with E-state index in [1.165, 1.54) is 0 Å². The van der Waals surface area contributed by atoms with E-state index in [0.717, 1.165) is 0 Å².